The van der Waals surface area contributed by atoms with Gasteiger partial charge in [0.2, 0.25) is 0 Å². The molecule has 2 aromatic rings. The number of ether oxygens (including phenoxy) is 1. The highest BCUT2D eigenvalue weighted by atomic mass is 16.6. The summed E-state index contributed by atoms with van der Waals surface area (Å²) in [5.74, 6) is 0.579. The maximum absolute atomic E-state index is 11.9. The Morgan fingerprint density at radius 2 is 2.05 bits per heavy atom. The first kappa shape index (κ1) is 13.5. The van der Waals surface area contributed by atoms with Gasteiger partial charge in [0, 0.05) is 12.2 Å². The van der Waals surface area contributed by atoms with Crippen LogP contribution in [0, 0.1) is 0 Å². The standard InChI is InChI=1S/C17H18N2O2/c1-12(13-5-3-2-4-6-13)19-17(20)21-15-7-8-16-14(11-15)9-10-18-16/h2-8,11-12,18H,9-10H2,1H3,(H,19,20)/t12-/m0/s1. The number of amides is 1. The van der Waals surface area contributed by atoms with E-state index < -0.39 is 6.09 Å². The monoisotopic (exact) mass is 282 g/mol. The largest absolute Gasteiger partial charge is 0.413 e. The first-order chi connectivity index (χ1) is 10.2. The molecule has 1 aliphatic rings. The molecular formula is C17H18N2O2. The SMILES string of the molecule is C[C@H](NC(=O)Oc1ccc2c(c1)CCN2)c1ccccc1. The summed E-state index contributed by atoms with van der Waals surface area (Å²) >= 11 is 0. The van der Waals surface area contributed by atoms with E-state index in [9.17, 15) is 4.79 Å². The summed E-state index contributed by atoms with van der Waals surface area (Å²) in [6.07, 6.45) is 0.534. The van der Waals surface area contributed by atoms with Gasteiger partial charge in [-0.15, -0.1) is 0 Å². The number of rotatable bonds is 3. The lowest BCUT2D eigenvalue weighted by atomic mass is 10.1. The van der Waals surface area contributed by atoms with Crippen LogP contribution < -0.4 is 15.4 Å². The van der Waals surface area contributed by atoms with E-state index >= 15 is 0 Å². The van der Waals surface area contributed by atoms with Gasteiger partial charge < -0.3 is 15.4 Å². The number of fused-ring (bicyclic) bond motifs is 1. The van der Waals surface area contributed by atoms with Crippen LogP contribution >= 0.6 is 0 Å². The molecule has 1 atom stereocenters. The molecular weight excluding hydrogens is 264 g/mol. The van der Waals surface area contributed by atoms with Crippen LogP contribution in [-0.4, -0.2) is 12.6 Å². The van der Waals surface area contributed by atoms with Crippen molar-refractivity contribution >= 4 is 11.8 Å². The van der Waals surface area contributed by atoms with Crippen LogP contribution in [-0.2, 0) is 6.42 Å². The summed E-state index contributed by atoms with van der Waals surface area (Å²) in [4.78, 5) is 11.9. The summed E-state index contributed by atoms with van der Waals surface area (Å²) in [6, 6.07) is 15.4. The second-order valence-corrected chi connectivity index (χ2v) is 5.16. The third-order valence-electron chi connectivity index (χ3n) is 3.63. The molecule has 21 heavy (non-hydrogen) atoms. The third-order valence-corrected chi connectivity index (χ3v) is 3.63. The Bertz CT molecular complexity index is 640. The van der Waals surface area contributed by atoms with Crippen LogP contribution in [0.25, 0.3) is 0 Å². The number of carbonyl (C=O) groups is 1. The van der Waals surface area contributed by atoms with Gasteiger partial charge in [0.05, 0.1) is 6.04 Å². The Kier molecular flexibility index (Phi) is 3.77. The highest BCUT2D eigenvalue weighted by Crippen LogP contribution is 2.26. The number of hydrogen-bond donors (Lipinski definition) is 2. The molecule has 2 aromatic carbocycles. The second-order valence-electron chi connectivity index (χ2n) is 5.16. The van der Waals surface area contributed by atoms with Gasteiger partial charge in [-0.1, -0.05) is 30.3 Å². The highest BCUT2D eigenvalue weighted by molar-refractivity contribution is 5.71. The number of carbonyl (C=O) groups excluding carboxylic acids is 1. The first-order valence-corrected chi connectivity index (χ1v) is 7.12. The Hall–Kier alpha value is -2.49. The van der Waals surface area contributed by atoms with Crippen LogP contribution in [0.4, 0.5) is 10.5 Å². The van der Waals surface area contributed by atoms with E-state index in [2.05, 4.69) is 10.6 Å². The fourth-order valence-corrected chi connectivity index (χ4v) is 2.48. The fraction of sp³-hybridized carbons (Fsp3) is 0.235. The predicted molar refractivity (Wildman–Crippen MR) is 82.7 cm³/mol. The third kappa shape index (κ3) is 3.16. The lowest BCUT2D eigenvalue weighted by Crippen LogP contribution is -2.29. The van der Waals surface area contributed by atoms with E-state index in [4.69, 9.17) is 4.74 Å². The van der Waals surface area contributed by atoms with Crippen molar-refractivity contribution < 1.29 is 9.53 Å². The van der Waals surface area contributed by atoms with Crippen LogP contribution in [0.3, 0.4) is 0 Å². The number of benzene rings is 2. The number of nitrogens with one attached hydrogen (secondary N) is 2. The summed E-state index contributed by atoms with van der Waals surface area (Å²) in [5, 5.41) is 6.11. The van der Waals surface area contributed by atoms with Crippen molar-refractivity contribution in [2.24, 2.45) is 0 Å². The molecule has 1 aliphatic heterocycles. The second kappa shape index (κ2) is 5.87. The minimum atomic E-state index is -0.433. The van der Waals surface area contributed by atoms with Gasteiger partial charge >= 0.3 is 6.09 Å². The lowest BCUT2D eigenvalue weighted by Gasteiger charge is -2.14. The summed E-state index contributed by atoms with van der Waals surface area (Å²) in [7, 11) is 0. The molecule has 0 spiro atoms. The van der Waals surface area contributed by atoms with Crippen LogP contribution in [0.15, 0.2) is 48.5 Å². The smallest absolute Gasteiger partial charge is 0.410 e. The maximum Gasteiger partial charge on any atom is 0.413 e. The molecule has 4 nitrogen and oxygen atoms in total. The van der Waals surface area contributed by atoms with E-state index in [1.807, 2.05) is 55.5 Å². The minimum absolute atomic E-state index is 0.0882. The van der Waals surface area contributed by atoms with Crippen LogP contribution in [0.2, 0.25) is 0 Å². The Balaban J connectivity index is 1.61. The van der Waals surface area contributed by atoms with Gasteiger partial charge in [-0.25, -0.2) is 4.79 Å². The predicted octanol–water partition coefficient (Wildman–Crippen LogP) is 3.50. The van der Waals surface area contributed by atoms with Crippen molar-refractivity contribution in [3.05, 3.63) is 59.7 Å². The average Bonchev–Trinajstić information content (AvgIpc) is 2.95. The fourth-order valence-electron chi connectivity index (χ4n) is 2.48. The minimum Gasteiger partial charge on any atom is -0.410 e. The molecule has 0 saturated carbocycles. The van der Waals surface area contributed by atoms with E-state index in [1.165, 1.54) is 5.56 Å². The molecule has 0 radical (unpaired) electrons. The Morgan fingerprint density at radius 1 is 1.24 bits per heavy atom. The van der Waals surface area contributed by atoms with Gasteiger partial charge in [0.1, 0.15) is 5.75 Å². The summed E-state index contributed by atoms with van der Waals surface area (Å²) in [6.45, 7) is 2.87. The molecule has 0 unspecified atom stereocenters. The van der Waals surface area contributed by atoms with Crippen LogP contribution in [0.1, 0.15) is 24.1 Å². The van der Waals surface area contributed by atoms with E-state index in [0.29, 0.717) is 5.75 Å². The molecule has 0 saturated heterocycles. The van der Waals surface area contributed by atoms with E-state index in [0.717, 1.165) is 24.2 Å². The van der Waals surface area contributed by atoms with Gasteiger partial charge in [-0.2, -0.15) is 0 Å². The topological polar surface area (TPSA) is 50.4 Å². The van der Waals surface area contributed by atoms with Crippen LogP contribution in [0.5, 0.6) is 5.75 Å². The van der Waals surface area contributed by atoms with E-state index in [-0.39, 0.29) is 6.04 Å². The van der Waals surface area contributed by atoms with Crippen molar-refractivity contribution in [3.63, 3.8) is 0 Å². The maximum atomic E-state index is 11.9. The van der Waals surface area contributed by atoms with Gasteiger partial charge in [0.25, 0.3) is 0 Å². The zero-order valence-electron chi connectivity index (χ0n) is 11.9. The first-order valence-electron chi connectivity index (χ1n) is 7.12. The quantitative estimate of drug-likeness (QED) is 0.905. The molecule has 0 aliphatic carbocycles. The van der Waals surface area contributed by atoms with Crippen molar-refractivity contribution in [2.45, 2.75) is 19.4 Å². The molecule has 2 N–H and O–H groups in total. The molecule has 4 heteroatoms. The molecule has 0 aromatic heterocycles. The van der Waals surface area contributed by atoms with Gasteiger partial charge in [-0.3, -0.25) is 0 Å². The van der Waals surface area contributed by atoms with Crippen molar-refractivity contribution in [1.29, 1.82) is 0 Å². The van der Waals surface area contributed by atoms with Crippen molar-refractivity contribution in [3.8, 4) is 5.75 Å². The molecule has 108 valence electrons. The zero-order chi connectivity index (χ0) is 14.7. The highest BCUT2D eigenvalue weighted by Gasteiger charge is 2.14. The van der Waals surface area contributed by atoms with Crippen molar-refractivity contribution in [2.75, 3.05) is 11.9 Å². The Morgan fingerprint density at radius 3 is 2.86 bits per heavy atom. The molecule has 3 rings (SSSR count). The number of anilines is 1. The average molecular weight is 282 g/mol. The summed E-state index contributed by atoms with van der Waals surface area (Å²) < 4.78 is 5.35. The van der Waals surface area contributed by atoms with Crippen molar-refractivity contribution in [1.82, 2.24) is 5.32 Å². The Labute approximate surface area is 124 Å². The zero-order valence-corrected chi connectivity index (χ0v) is 11.9. The molecule has 1 heterocycles. The van der Waals surface area contributed by atoms with Gasteiger partial charge in [-0.05, 0) is 42.7 Å². The number of hydrogen-bond acceptors (Lipinski definition) is 3. The molecule has 1 amide bonds. The lowest BCUT2D eigenvalue weighted by molar-refractivity contribution is 0.197. The van der Waals surface area contributed by atoms with Gasteiger partial charge in [0.15, 0.2) is 0 Å². The molecule has 0 bridgehead atoms. The summed E-state index contributed by atoms with van der Waals surface area (Å²) in [5.41, 5.74) is 3.37. The normalized spacial score (nSPS) is 14.0. The molecule has 0 fully saturated rings. The van der Waals surface area contributed by atoms with E-state index in [1.54, 1.807) is 0 Å².